The van der Waals surface area contributed by atoms with Crippen LogP contribution in [0, 0.1) is 12.7 Å². The van der Waals surface area contributed by atoms with Gasteiger partial charge in [-0.2, -0.15) is 0 Å². The van der Waals surface area contributed by atoms with Crippen LogP contribution in [-0.2, 0) is 9.05 Å². The van der Waals surface area contributed by atoms with Gasteiger partial charge in [-0.25, -0.2) is 12.8 Å². The Balaban J connectivity index is 3.39. The molecule has 0 fully saturated rings. The van der Waals surface area contributed by atoms with Crippen molar-refractivity contribution in [2.45, 2.75) is 18.7 Å². The van der Waals surface area contributed by atoms with Gasteiger partial charge in [0.1, 0.15) is 10.7 Å². The number of carbonyl (C=O) groups excluding carboxylic acids is 1. The first-order valence-electron chi connectivity index (χ1n) is 4.80. The van der Waals surface area contributed by atoms with Gasteiger partial charge >= 0.3 is 0 Å². The van der Waals surface area contributed by atoms with Crippen LogP contribution in [-0.4, -0.2) is 20.9 Å². The van der Waals surface area contributed by atoms with E-state index in [9.17, 15) is 17.6 Å². The highest BCUT2D eigenvalue weighted by Gasteiger charge is 2.20. The fourth-order valence-electron chi connectivity index (χ4n) is 1.31. The lowest BCUT2D eigenvalue weighted by molar-refractivity contribution is 0.0955. The summed E-state index contributed by atoms with van der Waals surface area (Å²) in [6.45, 7) is 3.47. The molecule has 7 heteroatoms. The number of amides is 1. The Hall–Kier alpha value is -1.14. The van der Waals surface area contributed by atoms with Gasteiger partial charge in [-0.15, -0.1) is 0 Å². The van der Waals surface area contributed by atoms with Gasteiger partial charge in [0.25, 0.3) is 15.0 Å². The van der Waals surface area contributed by atoms with Crippen molar-refractivity contribution < 1.29 is 17.6 Å². The quantitative estimate of drug-likeness (QED) is 0.859. The van der Waals surface area contributed by atoms with Crippen molar-refractivity contribution in [3.63, 3.8) is 0 Å². The predicted octanol–water partition coefficient (Wildman–Crippen LogP) is 1.81. The monoisotopic (exact) mass is 279 g/mol. The molecule has 4 nitrogen and oxygen atoms in total. The molecule has 1 aromatic rings. The minimum atomic E-state index is -4.21. The normalized spacial score (nSPS) is 11.3. The number of aryl methyl sites for hydroxylation is 1. The molecule has 0 aliphatic rings. The van der Waals surface area contributed by atoms with E-state index >= 15 is 0 Å². The zero-order chi connectivity index (χ0) is 13.2. The minimum absolute atomic E-state index is 0.0491. The second-order valence-electron chi connectivity index (χ2n) is 3.40. The molecule has 0 atom stereocenters. The molecule has 1 rings (SSSR count). The van der Waals surface area contributed by atoms with Crippen LogP contribution in [0.25, 0.3) is 0 Å². The number of rotatable bonds is 3. The van der Waals surface area contributed by atoms with Crippen LogP contribution in [0.1, 0.15) is 22.8 Å². The van der Waals surface area contributed by atoms with Crippen LogP contribution >= 0.6 is 10.7 Å². The average molecular weight is 280 g/mol. The molecule has 0 spiro atoms. The maximum atomic E-state index is 13.5. The number of hydrogen-bond acceptors (Lipinski definition) is 3. The number of carbonyl (C=O) groups is 1. The Morgan fingerprint density at radius 3 is 2.53 bits per heavy atom. The van der Waals surface area contributed by atoms with Crippen molar-refractivity contribution >= 4 is 25.6 Å². The van der Waals surface area contributed by atoms with Crippen molar-refractivity contribution in [1.82, 2.24) is 5.32 Å². The van der Waals surface area contributed by atoms with Gasteiger partial charge < -0.3 is 5.32 Å². The Kier molecular flexibility index (Phi) is 4.11. The summed E-state index contributed by atoms with van der Waals surface area (Å²) < 4.78 is 35.8. The smallest absolute Gasteiger partial charge is 0.264 e. The van der Waals surface area contributed by atoms with E-state index in [0.717, 1.165) is 6.07 Å². The first-order chi connectivity index (χ1) is 7.77. The number of hydrogen-bond donors (Lipinski definition) is 1. The van der Waals surface area contributed by atoms with Crippen LogP contribution < -0.4 is 5.32 Å². The van der Waals surface area contributed by atoms with E-state index in [-0.39, 0.29) is 11.1 Å². The highest BCUT2D eigenvalue weighted by atomic mass is 35.7. The summed E-state index contributed by atoms with van der Waals surface area (Å²) >= 11 is 0. The second kappa shape index (κ2) is 5.01. The van der Waals surface area contributed by atoms with Crippen molar-refractivity contribution in [3.05, 3.63) is 29.1 Å². The summed E-state index contributed by atoms with van der Waals surface area (Å²) in [7, 11) is 0.880. The summed E-state index contributed by atoms with van der Waals surface area (Å²) in [5, 5.41) is 2.49. The fraction of sp³-hybridized carbons (Fsp3) is 0.300. The molecule has 17 heavy (non-hydrogen) atoms. The summed E-state index contributed by atoms with van der Waals surface area (Å²) in [4.78, 5) is 10.8. The first-order valence-corrected chi connectivity index (χ1v) is 7.11. The lowest BCUT2D eigenvalue weighted by Gasteiger charge is -2.07. The second-order valence-corrected chi connectivity index (χ2v) is 5.94. The van der Waals surface area contributed by atoms with Gasteiger partial charge in [0, 0.05) is 22.8 Å². The maximum Gasteiger partial charge on any atom is 0.264 e. The van der Waals surface area contributed by atoms with Crippen LogP contribution in [0.5, 0.6) is 0 Å². The number of benzene rings is 1. The van der Waals surface area contributed by atoms with E-state index in [1.54, 1.807) is 6.92 Å². The summed E-state index contributed by atoms with van der Waals surface area (Å²) in [5.74, 6) is -1.41. The standard InChI is InChI=1S/C10H11ClFNO3S/c1-3-13-10(14)7-4-6(2)9(12)8(5-7)17(11,15)16/h4-5H,3H2,1-2H3,(H,13,14). The van der Waals surface area contributed by atoms with Crippen LogP contribution in [0.4, 0.5) is 4.39 Å². The van der Waals surface area contributed by atoms with Crippen LogP contribution in [0.2, 0.25) is 0 Å². The van der Waals surface area contributed by atoms with Crippen LogP contribution in [0.15, 0.2) is 17.0 Å². The van der Waals surface area contributed by atoms with Gasteiger partial charge in [0.2, 0.25) is 0 Å². The summed E-state index contributed by atoms with van der Waals surface area (Å²) in [6, 6.07) is 2.20. The molecule has 0 heterocycles. The van der Waals surface area contributed by atoms with Gasteiger partial charge in [-0.3, -0.25) is 4.79 Å². The third-order valence-corrected chi connectivity index (χ3v) is 3.40. The summed E-state index contributed by atoms with van der Waals surface area (Å²) in [5.41, 5.74) is 0.109. The molecule has 0 aromatic heterocycles. The number of nitrogens with one attached hydrogen (secondary N) is 1. The molecule has 0 saturated carbocycles. The van der Waals surface area contributed by atoms with E-state index in [4.69, 9.17) is 10.7 Å². The van der Waals surface area contributed by atoms with Gasteiger partial charge in [0.05, 0.1) is 0 Å². The van der Waals surface area contributed by atoms with Crippen LogP contribution in [0.3, 0.4) is 0 Å². The minimum Gasteiger partial charge on any atom is -0.352 e. The third-order valence-electron chi connectivity index (χ3n) is 2.08. The maximum absolute atomic E-state index is 13.5. The van der Waals surface area contributed by atoms with E-state index in [1.165, 1.54) is 13.0 Å². The van der Waals surface area contributed by atoms with E-state index in [0.29, 0.717) is 6.54 Å². The third kappa shape index (κ3) is 3.17. The summed E-state index contributed by atoms with van der Waals surface area (Å²) in [6.07, 6.45) is 0. The molecule has 1 N–H and O–H groups in total. The Bertz CT molecular complexity index is 557. The molecule has 0 aliphatic carbocycles. The van der Waals surface area contributed by atoms with Crippen molar-refractivity contribution in [1.29, 1.82) is 0 Å². The zero-order valence-electron chi connectivity index (χ0n) is 9.25. The number of halogens is 2. The van der Waals surface area contributed by atoms with E-state index in [2.05, 4.69) is 5.32 Å². The van der Waals surface area contributed by atoms with Gasteiger partial charge in [0.15, 0.2) is 0 Å². The molecule has 0 bridgehead atoms. The molecule has 0 aliphatic heterocycles. The van der Waals surface area contributed by atoms with Crippen molar-refractivity contribution in [3.8, 4) is 0 Å². The lowest BCUT2D eigenvalue weighted by Crippen LogP contribution is -2.23. The Morgan fingerprint density at radius 1 is 1.47 bits per heavy atom. The molecular weight excluding hydrogens is 269 g/mol. The molecule has 0 unspecified atom stereocenters. The molecule has 0 radical (unpaired) electrons. The highest BCUT2D eigenvalue weighted by Crippen LogP contribution is 2.23. The predicted molar refractivity (Wildman–Crippen MR) is 62.2 cm³/mol. The molecule has 1 aromatic carbocycles. The molecule has 0 saturated heterocycles. The zero-order valence-corrected chi connectivity index (χ0v) is 10.8. The topological polar surface area (TPSA) is 63.2 Å². The van der Waals surface area contributed by atoms with Crippen molar-refractivity contribution in [2.75, 3.05) is 6.54 Å². The fourth-order valence-corrected chi connectivity index (χ4v) is 2.29. The highest BCUT2D eigenvalue weighted by molar-refractivity contribution is 8.13. The van der Waals surface area contributed by atoms with Gasteiger partial charge in [-0.05, 0) is 31.5 Å². The Labute approximate surface area is 103 Å². The SMILES string of the molecule is CCNC(=O)c1cc(C)c(F)c(S(=O)(=O)Cl)c1. The van der Waals surface area contributed by atoms with E-state index < -0.39 is 25.7 Å². The first kappa shape index (κ1) is 13.9. The Morgan fingerprint density at radius 2 is 2.06 bits per heavy atom. The average Bonchev–Trinajstić information content (AvgIpc) is 2.20. The van der Waals surface area contributed by atoms with Gasteiger partial charge in [-0.1, -0.05) is 0 Å². The van der Waals surface area contributed by atoms with Crippen molar-refractivity contribution in [2.24, 2.45) is 0 Å². The largest absolute Gasteiger partial charge is 0.352 e. The van der Waals surface area contributed by atoms with E-state index in [1.807, 2.05) is 0 Å². The lowest BCUT2D eigenvalue weighted by atomic mass is 10.1. The molecule has 94 valence electrons. The molecule has 1 amide bonds. The molecular formula is C10H11ClFNO3S.